The minimum atomic E-state index is -2.95. The summed E-state index contributed by atoms with van der Waals surface area (Å²) in [5.74, 6) is 1.09. The van der Waals surface area contributed by atoms with Crippen LogP contribution in [0.1, 0.15) is 23.1 Å². The molecule has 0 saturated carbocycles. The van der Waals surface area contributed by atoms with Gasteiger partial charge in [-0.25, -0.2) is 13.2 Å². The number of benzene rings is 1. The molecule has 2 aliphatic rings. The molecule has 0 spiro atoms. The molecule has 6 nitrogen and oxygen atoms in total. The summed E-state index contributed by atoms with van der Waals surface area (Å²) < 4.78 is 34.8. The molecule has 128 valence electrons. The van der Waals surface area contributed by atoms with E-state index in [1.54, 1.807) is 6.92 Å². The van der Waals surface area contributed by atoms with Gasteiger partial charge >= 0.3 is 5.63 Å². The van der Waals surface area contributed by atoms with Crippen molar-refractivity contribution in [3.05, 3.63) is 39.2 Å². The van der Waals surface area contributed by atoms with Crippen LogP contribution in [0.3, 0.4) is 0 Å². The minimum Gasteiger partial charge on any atom is -0.478 e. The molecular formula is C17H19NO5S. The second kappa shape index (κ2) is 5.32. The Kier molecular flexibility index (Phi) is 3.47. The Morgan fingerprint density at radius 2 is 2.00 bits per heavy atom. The number of fused-ring (bicyclic) bond motifs is 3. The fraction of sp³-hybridized carbons (Fsp3) is 0.471. The van der Waals surface area contributed by atoms with E-state index in [9.17, 15) is 13.2 Å². The van der Waals surface area contributed by atoms with E-state index in [0.29, 0.717) is 36.6 Å². The maximum atomic E-state index is 12.1. The van der Waals surface area contributed by atoms with Gasteiger partial charge in [-0.2, -0.15) is 0 Å². The quantitative estimate of drug-likeness (QED) is 0.730. The molecule has 1 fully saturated rings. The van der Waals surface area contributed by atoms with Crippen molar-refractivity contribution in [3.63, 3.8) is 0 Å². The standard InChI is InChI=1S/C17H19NO5S/c1-10-11(2)17(19)23-16-13(10)3-4-15-14(16)7-18(9-22-15)12-5-6-24(20,21)8-12/h3-4,12H,5-9H2,1-2H3/t12-/m1/s1. The summed E-state index contributed by atoms with van der Waals surface area (Å²) in [6, 6.07) is 3.76. The predicted octanol–water partition coefficient (Wildman–Crippen LogP) is 1.75. The van der Waals surface area contributed by atoms with E-state index in [-0.39, 0.29) is 23.2 Å². The number of hydrogen-bond acceptors (Lipinski definition) is 6. The summed E-state index contributed by atoms with van der Waals surface area (Å²) in [6.07, 6.45) is 0.619. The summed E-state index contributed by atoms with van der Waals surface area (Å²) in [5, 5.41) is 0.898. The number of nitrogens with zero attached hydrogens (tertiary/aromatic N) is 1. The highest BCUT2D eigenvalue weighted by molar-refractivity contribution is 7.91. The summed E-state index contributed by atoms with van der Waals surface area (Å²) in [6.45, 7) is 4.55. The molecule has 4 rings (SSSR count). The maximum Gasteiger partial charge on any atom is 0.339 e. The topological polar surface area (TPSA) is 76.8 Å². The van der Waals surface area contributed by atoms with Crippen molar-refractivity contribution in [2.24, 2.45) is 0 Å². The SMILES string of the molecule is Cc1c(C)c2ccc3c(c2oc1=O)CN([C@@H]1CCS(=O)(=O)C1)CO3. The van der Waals surface area contributed by atoms with Crippen molar-refractivity contribution in [1.82, 2.24) is 4.90 Å². The molecule has 1 aromatic heterocycles. The van der Waals surface area contributed by atoms with E-state index >= 15 is 0 Å². The molecule has 0 amide bonds. The van der Waals surface area contributed by atoms with E-state index in [4.69, 9.17) is 9.15 Å². The van der Waals surface area contributed by atoms with Gasteiger partial charge < -0.3 is 9.15 Å². The lowest BCUT2D eigenvalue weighted by Crippen LogP contribution is -2.41. The largest absolute Gasteiger partial charge is 0.478 e. The summed E-state index contributed by atoms with van der Waals surface area (Å²) in [4.78, 5) is 14.1. The normalized spacial score (nSPS) is 23.2. The van der Waals surface area contributed by atoms with Gasteiger partial charge in [0.05, 0.1) is 17.1 Å². The zero-order valence-electron chi connectivity index (χ0n) is 13.7. The number of sulfone groups is 1. The van der Waals surface area contributed by atoms with Gasteiger partial charge in [0.15, 0.2) is 9.84 Å². The monoisotopic (exact) mass is 349 g/mol. The van der Waals surface area contributed by atoms with E-state index in [2.05, 4.69) is 0 Å². The van der Waals surface area contributed by atoms with Crippen LogP contribution in [0.5, 0.6) is 5.75 Å². The highest BCUT2D eigenvalue weighted by Crippen LogP contribution is 2.35. The first-order chi connectivity index (χ1) is 11.4. The molecule has 0 N–H and O–H groups in total. The first-order valence-electron chi connectivity index (χ1n) is 7.99. The van der Waals surface area contributed by atoms with Crippen molar-refractivity contribution in [3.8, 4) is 5.75 Å². The van der Waals surface area contributed by atoms with Gasteiger partial charge in [0.1, 0.15) is 18.1 Å². The van der Waals surface area contributed by atoms with Crippen molar-refractivity contribution in [2.45, 2.75) is 32.9 Å². The van der Waals surface area contributed by atoms with Crippen LogP contribution in [0.15, 0.2) is 21.3 Å². The van der Waals surface area contributed by atoms with Gasteiger partial charge in [-0.05, 0) is 38.0 Å². The average Bonchev–Trinajstić information content (AvgIpc) is 2.92. The van der Waals surface area contributed by atoms with Gasteiger partial charge in [-0.1, -0.05) is 0 Å². The van der Waals surface area contributed by atoms with Gasteiger partial charge in [0.25, 0.3) is 0 Å². The fourth-order valence-corrected chi connectivity index (χ4v) is 5.29. The molecule has 24 heavy (non-hydrogen) atoms. The van der Waals surface area contributed by atoms with Gasteiger partial charge in [-0.15, -0.1) is 0 Å². The molecular weight excluding hydrogens is 330 g/mol. The molecule has 0 unspecified atom stereocenters. The van der Waals surface area contributed by atoms with E-state index in [0.717, 1.165) is 16.5 Å². The van der Waals surface area contributed by atoms with Crippen LogP contribution in [0.4, 0.5) is 0 Å². The molecule has 0 aliphatic carbocycles. The zero-order chi connectivity index (χ0) is 17.1. The third-order valence-electron chi connectivity index (χ3n) is 5.16. The Labute approximate surface area is 139 Å². The second-order valence-electron chi connectivity index (χ2n) is 6.64. The van der Waals surface area contributed by atoms with Crippen LogP contribution in [-0.4, -0.2) is 37.6 Å². The Bertz CT molecular complexity index is 992. The Morgan fingerprint density at radius 3 is 2.71 bits per heavy atom. The molecule has 2 aliphatic heterocycles. The van der Waals surface area contributed by atoms with Gasteiger partial charge in [0.2, 0.25) is 0 Å². The number of hydrogen-bond donors (Lipinski definition) is 0. The Hall–Kier alpha value is -1.86. The lowest BCUT2D eigenvalue weighted by atomic mass is 10.0. The maximum absolute atomic E-state index is 12.1. The van der Waals surface area contributed by atoms with Crippen LogP contribution in [-0.2, 0) is 16.4 Å². The first-order valence-corrected chi connectivity index (χ1v) is 9.81. The van der Waals surface area contributed by atoms with Gasteiger partial charge in [-0.3, -0.25) is 4.90 Å². The van der Waals surface area contributed by atoms with E-state index in [1.807, 2.05) is 24.0 Å². The number of rotatable bonds is 1. The van der Waals surface area contributed by atoms with Crippen molar-refractivity contribution in [2.75, 3.05) is 18.2 Å². The Balaban J connectivity index is 1.78. The fourth-order valence-electron chi connectivity index (χ4n) is 3.53. The lowest BCUT2D eigenvalue weighted by Gasteiger charge is -2.33. The highest BCUT2D eigenvalue weighted by Gasteiger charge is 2.35. The number of ether oxygens (including phenoxy) is 1. The summed E-state index contributed by atoms with van der Waals surface area (Å²) >= 11 is 0. The van der Waals surface area contributed by atoms with Crippen LogP contribution >= 0.6 is 0 Å². The molecule has 3 heterocycles. The Morgan fingerprint density at radius 1 is 1.21 bits per heavy atom. The van der Waals surface area contributed by atoms with Crippen molar-refractivity contribution >= 4 is 20.8 Å². The summed E-state index contributed by atoms with van der Waals surface area (Å²) in [7, 11) is -2.95. The number of aryl methyl sites for hydroxylation is 1. The molecule has 0 radical (unpaired) electrons. The minimum absolute atomic E-state index is 0.0447. The molecule has 1 aromatic carbocycles. The smallest absolute Gasteiger partial charge is 0.339 e. The first kappa shape index (κ1) is 15.7. The average molecular weight is 349 g/mol. The third kappa shape index (κ3) is 2.43. The summed E-state index contributed by atoms with van der Waals surface area (Å²) in [5.41, 5.74) is 2.55. The molecule has 0 bridgehead atoms. The van der Waals surface area contributed by atoms with Crippen LogP contribution in [0.2, 0.25) is 0 Å². The highest BCUT2D eigenvalue weighted by atomic mass is 32.2. The predicted molar refractivity (Wildman–Crippen MR) is 90.1 cm³/mol. The van der Waals surface area contributed by atoms with Crippen LogP contribution in [0, 0.1) is 13.8 Å². The third-order valence-corrected chi connectivity index (χ3v) is 6.91. The van der Waals surface area contributed by atoms with Crippen LogP contribution in [0.25, 0.3) is 11.0 Å². The van der Waals surface area contributed by atoms with E-state index < -0.39 is 9.84 Å². The second-order valence-corrected chi connectivity index (χ2v) is 8.86. The lowest BCUT2D eigenvalue weighted by molar-refractivity contribution is 0.0648. The van der Waals surface area contributed by atoms with Crippen molar-refractivity contribution < 1.29 is 17.6 Å². The molecule has 2 aromatic rings. The molecule has 7 heteroatoms. The van der Waals surface area contributed by atoms with Gasteiger partial charge in [0, 0.05) is 23.5 Å². The van der Waals surface area contributed by atoms with E-state index in [1.165, 1.54) is 0 Å². The zero-order valence-corrected chi connectivity index (χ0v) is 14.5. The van der Waals surface area contributed by atoms with Crippen molar-refractivity contribution in [1.29, 1.82) is 0 Å². The molecule has 1 atom stereocenters. The molecule has 1 saturated heterocycles. The van der Waals surface area contributed by atoms with Crippen LogP contribution < -0.4 is 10.4 Å².